The molecule has 116 heavy (non-hydrogen) atoms. The molecule has 5 heterocycles. The van der Waals surface area contributed by atoms with Crippen molar-refractivity contribution in [2.45, 2.75) is 391 Å². The third-order valence-corrected chi connectivity index (χ3v) is 21.6. The Morgan fingerprint density at radius 3 is 1.40 bits per heavy atom. The highest BCUT2D eigenvalue weighted by Crippen LogP contribution is 2.42. The van der Waals surface area contributed by atoms with Gasteiger partial charge in [-0.15, -0.1) is 0 Å². The molecule has 5 rings (SSSR count). The minimum atomic E-state index is -3.59. The molecule has 5 aliphatic rings. The lowest BCUT2D eigenvalue weighted by Crippen LogP contribution is -2.72. The number of carboxylic acid groups (broad SMARTS) is 2. The average molecular weight is 1670 g/mol. The van der Waals surface area contributed by atoms with E-state index in [0.29, 0.717) is 12.8 Å². The molecule has 0 aromatic heterocycles. The van der Waals surface area contributed by atoms with Gasteiger partial charge in [-0.3, -0.25) is 19.2 Å². The third-order valence-electron chi connectivity index (χ3n) is 21.6. The average Bonchev–Trinajstić information content (AvgIpc) is 0.751. The zero-order chi connectivity index (χ0) is 85.8. The number of aliphatic hydroxyl groups is 16. The summed E-state index contributed by atoms with van der Waals surface area (Å²) in [6, 6.07) is -6.83. The molecule has 4 amide bonds. The molecule has 0 aromatic carbocycles. The fourth-order valence-corrected chi connectivity index (χ4v) is 15.1. The van der Waals surface area contributed by atoms with Gasteiger partial charge in [-0.05, 0) is 44.9 Å². The minimum absolute atomic E-state index is 0.0986. The zero-order valence-electron chi connectivity index (χ0n) is 67.5. The number of aliphatic hydroxyl groups excluding tert-OH is 16. The lowest BCUT2D eigenvalue weighted by Gasteiger charge is -2.52. The van der Waals surface area contributed by atoms with Gasteiger partial charge < -0.3 is 161 Å². The molecule has 0 aliphatic carbocycles. The van der Waals surface area contributed by atoms with Crippen molar-refractivity contribution in [2.75, 3.05) is 39.6 Å². The number of aliphatic carboxylic acids is 2. The molecule has 0 bridgehead atoms. The van der Waals surface area contributed by atoms with Crippen LogP contribution in [0.1, 0.15) is 214 Å². The van der Waals surface area contributed by atoms with E-state index in [1.54, 1.807) is 6.08 Å². The molecule has 5 aliphatic heterocycles. The van der Waals surface area contributed by atoms with Crippen molar-refractivity contribution in [3.05, 3.63) is 24.3 Å². The second-order valence-corrected chi connectivity index (χ2v) is 31.1. The quantitative estimate of drug-likeness (QED) is 0.0233. The molecule has 38 nitrogen and oxygen atoms in total. The third kappa shape index (κ3) is 30.7. The summed E-state index contributed by atoms with van der Waals surface area (Å²) in [5.41, 5.74) is 0. The van der Waals surface area contributed by atoms with E-state index in [1.807, 2.05) is 0 Å². The largest absolute Gasteiger partial charge is 0.477 e. The number of hydrogen-bond donors (Lipinski definition) is 22. The van der Waals surface area contributed by atoms with Gasteiger partial charge in [0.2, 0.25) is 23.6 Å². The number of allylic oxidation sites excluding steroid dienone is 3. The summed E-state index contributed by atoms with van der Waals surface area (Å²) < 4.78 is 59.9. The van der Waals surface area contributed by atoms with Gasteiger partial charge in [0.25, 0.3) is 11.6 Å². The van der Waals surface area contributed by atoms with E-state index in [2.05, 4.69) is 47.3 Å². The summed E-state index contributed by atoms with van der Waals surface area (Å²) in [4.78, 5) is 79.0. The predicted molar refractivity (Wildman–Crippen MR) is 407 cm³/mol. The first-order valence-corrected chi connectivity index (χ1v) is 41.4. The van der Waals surface area contributed by atoms with E-state index >= 15 is 0 Å². The molecule has 5 saturated heterocycles. The Hall–Kier alpha value is -4.74. The highest BCUT2D eigenvalue weighted by Gasteiger charge is 2.64. The van der Waals surface area contributed by atoms with Crippen LogP contribution in [0.25, 0.3) is 0 Å². The minimum Gasteiger partial charge on any atom is -0.477 e. The Labute approximate surface area is 677 Å². The Morgan fingerprint density at radius 1 is 0.466 bits per heavy atom. The molecule has 22 N–H and O–H groups in total. The van der Waals surface area contributed by atoms with Gasteiger partial charge in [0, 0.05) is 40.0 Å². The van der Waals surface area contributed by atoms with Gasteiger partial charge in [-0.1, -0.05) is 154 Å². The van der Waals surface area contributed by atoms with Crippen LogP contribution in [0.4, 0.5) is 0 Å². The van der Waals surface area contributed by atoms with Crippen LogP contribution in [-0.4, -0.2) is 344 Å². The number of carbonyl (C=O) groups excluding carboxylic acids is 4. The number of amides is 4. The van der Waals surface area contributed by atoms with Gasteiger partial charge in [0.05, 0.1) is 76.1 Å². The van der Waals surface area contributed by atoms with Crippen LogP contribution in [0.15, 0.2) is 24.3 Å². The van der Waals surface area contributed by atoms with Crippen molar-refractivity contribution in [3.63, 3.8) is 0 Å². The van der Waals surface area contributed by atoms with Crippen LogP contribution in [0.3, 0.4) is 0 Å². The van der Waals surface area contributed by atoms with Crippen molar-refractivity contribution < 1.29 is 168 Å². The first-order chi connectivity index (χ1) is 55.3. The Morgan fingerprint density at radius 2 is 0.905 bits per heavy atom. The molecular weight excluding hydrogens is 1540 g/mol. The molecule has 28 unspecified atom stereocenters. The van der Waals surface area contributed by atoms with Gasteiger partial charge in [-0.25, -0.2) is 9.59 Å². The summed E-state index contributed by atoms with van der Waals surface area (Å²) >= 11 is 0. The van der Waals surface area contributed by atoms with Gasteiger partial charge in [-0.2, -0.15) is 0 Å². The Balaban J connectivity index is 1.45. The fourth-order valence-electron chi connectivity index (χ4n) is 15.1. The van der Waals surface area contributed by atoms with Crippen LogP contribution in [0.5, 0.6) is 0 Å². The number of unbranched alkanes of at least 4 members (excludes halogenated alkanes) is 22. The van der Waals surface area contributed by atoms with E-state index in [4.69, 9.17) is 47.4 Å². The van der Waals surface area contributed by atoms with E-state index in [1.165, 1.54) is 83.1 Å². The number of ether oxygens (including phenoxy) is 10. The van der Waals surface area contributed by atoms with Crippen LogP contribution < -0.4 is 21.3 Å². The molecule has 672 valence electrons. The summed E-state index contributed by atoms with van der Waals surface area (Å²) in [6.45, 7) is 0.487. The van der Waals surface area contributed by atoms with Gasteiger partial charge in [0.1, 0.15) is 110 Å². The monoisotopic (exact) mass is 1670 g/mol. The van der Waals surface area contributed by atoms with E-state index in [-0.39, 0.29) is 6.42 Å². The van der Waals surface area contributed by atoms with Crippen molar-refractivity contribution in [2.24, 2.45) is 0 Å². The number of nitrogens with one attached hydrogen (secondary N) is 4. The highest BCUT2D eigenvalue weighted by molar-refractivity contribution is 5.78. The Bertz CT molecular complexity index is 2910. The molecule has 0 aromatic rings. The van der Waals surface area contributed by atoms with Crippen molar-refractivity contribution in [1.29, 1.82) is 0 Å². The van der Waals surface area contributed by atoms with Crippen molar-refractivity contribution >= 4 is 35.6 Å². The summed E-state index contributed by atoms with van der Waals surface area (Å²) in [7, 11) is 0. The molecular formula is C78H136N4O34. The fraction of sp³-hybridized carbons (Fsp3) is 0.872. The Kier molecular flexibility index (Phi) is 46.1. The number of carboxylic acids is 2. The summed E-state index contributed by atoms with van der Waals surface area (Å²) in [5, 5.41) is 213. The number of hydrogen-bond acceptors (Lipinski definition) is 32. The predicted octanol–water partition coefficient (Wildman–Crippen LogP) is -1.92. The highest BCUT2D eigenvalue weighted by atomic mass is 16.8. The molecule has 0 radical (unpaired) electrons. The molecule has 0 saturated carbocycles. The lowest BCUT2D eigenvalue weighted by atomic mass is 9.87. The van der Waals surface area contributed by atoms with Gasteiger partial charge >= 0.3 is 11.9 Å². The summed E-state index contributed by atoms with van der Waals surface area (Å²) in [5.74, 6) is -14.6. The van der Waals surface area contributed by atoms with E-state index in [0.717, 1.165) is 91.4 Å². The standard InChI is InChI=1S/C78H136N4O34/c1-6-8-10-12-14-16-18-20-21-23-25-27-29-31-33-35-56(95)82-47(48(91)34-32-30-28-26-24-22-19-17-15-13-11-9-7-2)43-107-73-65(101)64(100)67(54(41-86)109-73)111-74-66(102)71(68(55(42-87)110-74)112-72-59(81-46(5)90)63(99)61(97)52(39-84)108-72)116-78(76(105)106)37-50(93)58(80-45(4)89)70(115-78)62(98)53(40-85)113-77(75(103)104)36-49(92)57(79-44(3)88)69(114-77)60(96)51(94)38-83/h20-21,32,34,47-55,57-74,83-87,91-94,96-102H,6-19,22-31,33,35-43H2,1-5H3,(H,79,88)(H,80,89)(H,81,90)(H,82,95)(H,103,104)(H,105,106)/b21-20-,34-32-/t47?,48-,49?,50?,51?,52?,53?,54?,55?,57?,58?,59?,60?,61?,62?,63?,64?,65?,66?,67?,68?,69?,70?,71?,72?,73?,74?,77?,78?/m1/s1. The van der Waals surface area contributed by atoms with E-state index in [9.17, 15) is 121 Å². The SMILES string of the molecule is CCCCCCCC/C=C\CCCCCCCC(=O)NC(COC1OC(CO)C(OC2OC(CO)C(OC3OC(CO)C(O)C(O)C3NC(C)=O)C(OC3(C(=O)O)CC(O)C(NC(C)=O)C(C(O)C(CO)OC4(C(=O)O)CC(O)C(NC(C)=O)C(C(O)C(O)CO)O4)O3)C2O)C(O)C1O)[C@H](O)/C=C\CCCCCCCCCCCCC. The van der Waals surface area contributed by atoms with Crippen LogP contribution in [0.2, 0.25) is 0 Å². The van der Waals surface area contributed by atoms with Crippen molar-refractivity contribution in [1.82, 2.24) is 21.3 Å². The maximum Gasteiger partial charge on any atom is 0.364 e. The van der Waals surface area contributed by atoms with Gasteiger partial charge in [0.15, 0.2) is 18.9 Å². The normalized spacial score (nSPS) is 33.4. The first-order valence-electron chi connectivity index (χ1n) is 41.4. The summed E-state index contributed by atoms with van der Waals surface area (Å²) in [6.07, 6.45) is -18.3. The van der Waals surface area contributed by atoms with Crippen LogP contribution >= 0.6 is 0 Å². The maximum atomic E-state index is 14.2. The van der Waals surface area contributed by atoms with Crippen LogP contribution in [0, 0.1) is 0 Å². The number of rotatable bonds is 55. The smallest absolute Gasteiger partial charge is 0.364 e. The molecule has 38 heteroatoms. The first kappa shape index (κ1) is 102. The second kappa shape index (κ2) is 52.6. The lowest BCUT2D eigenvalue weighted by molar-refractivity contribution is -0.402. The second-order valence-electron chi connectivity index (χ2n) is 31.1. The van der Waals surface area contributed by atoms with E-state index < -0.39 is 265 Å². The zero-order valence-corrected chi connectivity index (χ0v) is 67.5. The molecule has 5 fully saturated rings. The molecule has 0 spiro atoms. The maximum absolute atomic E-state index is 14.2. The van der Waals surface area contributed by atoms with Crippen molar-refractivity contribution in [3.8, 4) is 0 Å². The topological polar surface area (TPSA) is 607 Å². The van der Waals surface area contributed by atoms with Crippen LogP contribution in [-0.2, 0) is 76.1 Å². The molecule has 29 atom stereocenters. The number of carbonyl (C=O) groups is 6.